The lowest BCUT2D eigenvalue weighted by Gasteiger charge is -2.14. The molecular weight excluding hydrogens is 349 g/mol. The van der Waals surface area contributed by atoms with Gasteiger partial charge in [-0.25, -0.2) is 9.18 Å². The van der Waals surface area contributed by atoms with Gasteiger partial charge in [0.2, 0.25) is 0 Å². The number of hydrogen-bond donors (Lipinski definition) is 1. The van der Waals surface area contributed by atoms with E-state index in [4.69, 9.17) is 21.1 Å². The first-order valence-electron chi connectivity index (χ1n) is 7.43. The number of carbonyl (C=O) groups excluding carboxylic acids is 2. The summed E-state index contributed by atoms with van der Waals surface area (Å²) >= 11 is 5.66. The number of carbonyl (C=O) groups is 2. The number of amides is 1. The van der Waals surface area contributed by atoms with E-state index in [9.17, 15) is 14.0 Å². The van der Waals surface area contributed by atoms with E-state index in [1.165, 1.54) is 32.2 Å². The van der Waals surface area contributed by atoms with Gasteiger partial charge in [-0.15, -0.1) is 0 Å². The van der Waals surface area contributed by atoms with Crippen LogP contribution in [0.5, 0.6) is 5.75 Å². The molecule has 0 saturated carbocycles. The van der Waals surface area contributed by atoms with Crippen molar-refractivity contribution in [1.29, 1.82) is 0 Å². The van der Waals surface area contributed by atoms with Gasteiger partial charge in [0.1, 0.15) is 11.6 Å². The van der Waals surface area contributed by atoms with Crippen molar-refractivity contribution in [3.63, 3.8) is 0 Å². The van der Waals surface area contributed by atoms with E-state index >= 15 is 0 Å². The van der Waals surface area contributed by atoms with Crippen molar-refractivity contribution in [3.05, 3.63) is 58.4 Å². The van der Waals surface area contributed by atoms with E-state index < -0.39 is 23.8 Å². The molecule has 1 amide bonds. The highest BCUT2D eigenvalue weighted by atomic mass is 35.5. The molecule has 0 bridgehead atoms. The maximum absolute atomic E-state index is 13.7. The minimum atomic E-state index is -1.12. The van der Waals surface area contributed by atoms with Crippen molar-refractivity contribution in [2.24, 2.45) is 0 Å². The van der Waals surface area contributed by atoms with Crippen LogP contribution in [0, 0.1) is 12.7 Å². The fraction of sp³-hybridized carbons (Fsp3) is 0.222. The molecule has 2 aromatic rings. The Morgan fingerprint density at radius 3 is 2.56 bits per heavy atom. The molecule has 0 aromatic heterocycles. The maximum atomic E-state index is 13.7. The zero-order valence-corrected chi connectivity index (χ0v) is 14.7. The van der Waals surface area contributed by atoms with Gasteiger partial charge in [0.25, 0.3) is 5.91 Å². The SMILES string of the molecule is COc1cc(C(=O)O[C@H](C)C(=O)Nc2ccc(Cl)cc2F)ccc1C. The van der Waals surface area contributed by atoms with Gasteiger partial charge in [0.15, 0.2) is 6.10 Å². The summed E-state index contributed by atoms with van der Waals surface area (Å²) in [6.07, 6.45) is -1.12. The monoisotopic (exact) mass is 365 g/mol. The number of nitrogens with one attached hydrogen (secondary N) is 1. The Bertz CT molecular complexity index is 810. The summed E-state index contributed by atoms with van der Waals surface area (Å²) in [7, 11) is 1.49. The van der Waals surface area contributed by atoms with Crippen LogP contribution in [-0.2, 0) is 9.53 Å². The first-order chi connectivity index (χ1) is 11.8. The normalized spacial score (nSPS) is 11.6. The predicted molar refractivity (Wildman–Crippen MR) is 92.6 cm³/mol. The molecule has 7 heteroatoms. The Balaban J connectivity index is 2.04. The highest BCUT2D eigenvalue weighted by Crippen LogP contribution is 2.21. The molecule has 0 radical (unpaired) electrons. The lowest BCUT2D eigenvalue weighted by atomic mass is 10.1. The number of aryl methyl sites for hydroxylation is 1. The molecule has 0 unspecified atom stereocenters. The Labute approximate surface area is 149 Å². The maximum Gasteiger partial charge on any atom is 0.339 e. The summed E-state index contributed by atoms with van der Waals surface area (Å²) in [5, 5.41) is 2.56. The van der Waals surface area contributed by atoms with Crippen LogP contribution in [0.2, 0.25) is 5.02 Å². The van der Waals surface area contributed by atoms with Gasteiger partial charge in [-0.05, 0) is 49.7 Å². The van der Waals surface area contributed by atoms with Crippen LogP contribution in [0.3, 0.4) is 0 Å². The van der Waals surface area contributed by atoms with E-state index in [0.717, 1.165) is 11.6 Å². The lowest BCUT2D eigenvalue weighted by molar-refractivity contribution is -0.123. The van der Waals surface area contributed by atoms with Crippen LogP contribution >= 0.6 is 11.6 Å². The number of halogens is 2. The number of hydrogen-bond acceptors (Lipinski definition) is 4. The van der Waals surface area contributed by atoms with E-state index in [2.05, 4.69) is 5.32 Å². The second-order valence-electron chi connectivity index (χ2n) is 5.35. The molecule has 25 heavy (non-hydrogen) atoms. The third kappa shape index (κ3) is 4.70. The average molecular weight is 366 g/mol. The summed E-state index contributed by atoms with van der Waals surface area (Å²) in [6, 6.07) is 8.66. The largest absolute Gasteiger partial charge is 0.496 e. The van der Waals surface area contributed by atoms with Crippen LogP contribution in [0.4, 0.5) is 10.1 Å². The molecule has 0 aliphatic rings. The minimum Gasteiger partial charge on any atom is -0.496 e. The standard InChI is InChI=1S/C18H17ClFNO4/c1-10-4-5-12(8-16(10)24-3)18(23)25-11(2)17(22)21-15-7-6-13(19)9-14(15)20/h4-9,11H,1-3H3,(H,21,22)/t11-/m1/s1. The second-order valence-corrected chi connectivity index (χ2v) is 5.78. The van der Waals surface area contributed by atoms with Gasteiger partial charge in [-0.3, -0.25) is 4.79 Å². The first kappa shape index (κ1) is 18.7. The predicted octanol–water partition coefficient (Wildman–Crippen LogP) is 3.98. The quantitative estimate of drug-likeness (QED) is 0.814. The summed E-state index contributed by atoms with van der Waals surface area (Å²) in [4.78, 5) is 24.2. The van der Waals surface area contributed by atoms with E-state index in [0.29, 0.717) is 5.75 Å². The smallest absolute Gasteiger partial charge is 0.339 e. The average Bonchev–Trinajstić information content (AvgIpc) is 2.57. The topological polar surface area (TPSA) is 64.6 Å². The fourth-order valence-electron chi connectivity index (χ4n) is 2.05. The minimum absolute atomic E-state index is 0.0469. The van der Waals surface area contributed by atoms with Gasteiger partial charge in [-0.2, -0.15) is 0 Å². The molecule has 2 aromatic carbocycles. The third-order valence-corrected chi connectivity index (χ3v) is 3.72. The zero-order chi connectivity index (χ0) is 18.6. The molecular formula is C18H17ClFNO4. The molecule has 0 heterocycles. The van der Waals surface area contributed by atoms with E-state index in [1.807, 2.05) is 6.92 Å². The zero-order valence-electron chi connectivity index (χ0n) is 13.9. The Morgan fingerprint density at radius 2 is 1.92 bits per heavy atom. The van der Waals surface area contributed by atoms with Crippen LogP contribution in [0.25, 0.3) is 0 Å². The van der Waals surface area contributed by atoms with Gasteiger partial charge in [0, 0.05) is 5.02 Å². The van der Waals surface area contributed by atoms with Crippen molar-refractivity contribution in [2.75, 3.05) is 12.4 Å². The van der Waals surface area contributed by atoms with Gasteiger partial charge in [0.05, 0.1) is 18.4 Å². The molecule has 0 fully saturated rings. The molecule has 5 nitrogen and oxygen atoms in total. The Kier molecular flexibility index (Phi) is 5.98. The van der Waals surface area contributed by atoms with E-state index in [1.54, 1.807) is 12.1 Å². The third-order valence-electron chi connectivity index (χ3n) is 3.49. The van der Waals surface area contributed by atoms with Crippen molar-refractivity contribution in [1.82, 2.24) is 0 Å². The van der Waals surface area contributed by atoms with Gasteiger partial charge >= 0.3 is 5.97 Å². The second kappa shape index (κ2) is 7.98. The lowest BCUT2D eigenvalue weighted by Crippen LogP contribution is -2.30. The van der Waals surface area contributed by atoms with Crippen LogP contribution in [0.15, 0.2) is 36.4 Å². The summed E-state index contributed by atoms with van der Waals surface area (Å²) in [5.74, 6) is -1.48. The van der Waals surface area contributed by atoms with Gasteiger partial charge in [-0.1, -0.05) is 17.7 Å². The molecule has 1 atom stereocenters. The molecule has 1 N–H and O–H groups in total. The molecule has 0 aliphatic carbocycles. The summed E-state index contributed by atoms with van der Waals surface area (Å²) < 4.78 is 24.0. The molecule has 2 rings (SSSR count). The van der Waals surface area contributed by atoms with Crippen molar-refractivity contribution in [2.45, 2.75) is 20.0 Å². The van der Waals surface area contributed by atoms with E-state index in [-0.39, 0.29) is 16.3 Å². The highest BCUT2D eigenvalue weighted by Gasteiger charge is 2.20. The number of anilines is 1. The van der Waals surface area contributed by atoms with Crippen LogP contribution in [0.1, 0.15) is 22.8 Å². The van der Waals surface area contributed by atoms with Crippen LogP contribution < -0.4 is 10.1 Å². The Hall–Kier alpha value is -2.60. The number of rotatable bonds is 5. The summed E-state index contributed by atoms with van der Waals surface area (Å²) in [6.45, 7) is 3.23. The van der Waals surface area contributed by atoms with Crippen molar-refractivity contribution >= 4 is 29.2 Å². The molecule has 132 valence electrons. The van der Waals surface area contributed by atoms with Crippen molar-refractivity contribution in [3.8, 4) is 5.75 Å². The first-order valence-corrected chi connectivity index (χ1v) is 7.81. The highest BCUT2D eigenvalue weighted by molar-refractivity contribution is 6.30. The Morgan fingerprint density at radius 1 is 1.20 bits per heavy atom. The van der Waals surface area contributed by atoms with Crippen LogP contribution in [-0.4, -0.2) is 25.1 Å². The number of ether oxygens (including phenoxy) is 2. The number of esters is 1. The molecule has 0 aliphatic heterocycles. The summed E-state index contributed by atoms with van der Waals surface area (Å²) in [5.41, 5.74) is 1.07. The van der Waals surface area contributed by atoms with Crippen molar-refractivity contribution < 1.29 is 23.5 Å². The molecule has 0 spiro atoms. The van der Waals surface area contributed by atoms with Gasteiger partial charge < -0.3 is 14.8 Å². The molecule has 0 saturated heterocycles. The number of benzene rings is 2. The fourth-order valence-corrected chi connectivity index (χ4v) is 2.21. The number of methoxy groups -OCH3 is 1.